The molecule has 13 heavy (non-hydrogen) atoms. The van der Waals surface area contributed by atoms with Crippen molar-refractivity contribution in [3.8, 4) is 0 Å². The largest absolute Gasteiger partial charge is 0.481 e. The van der Waals surface area contributed by atoms with Crippen LogP contribution in [0.5, 0.6) is 0 Å². The Balaban J connectivity index is 2.61. The Morgan fingerprint density at radius 3 is 2.77 bits per heavy atom. The second-order valence-electron chi connectivity index (χ2n) is 3.22. The smallest absolute Gasteiger partial charge is 0.312 e. The van der Waals surface area contributed by atoms with Crippen molar-refractivity contribution in [2.24, 2.45) is 5.92 Å². The quantitative estimate of drug-likeness (QED) is 0.614. The van der Waals surface area contributed by atoms with E-state index in [4.69, 9.17) is 5.11 Å². The molecule has 1 aliphatic rings. The molecule has 1 rings (SSSR count). The van der Waals surface area contributed by atoms with Crippen LogP contribution in [0.25, 0.3) is 0 Å². The number of aliphatic carboxylic acids is 1. The van der Waals surface area contributed by atoms with Crippen molar-refractivity contribution in [3.63, 3.8) is 0 Å². The van der Waals surface area contributed by atoms with Crippen LogP contribution in [-0.2, 0) is 14.3 Å². The number of carboxylic acid groups (broad SMARTS) is 1. The summed E-state index contributed by atoms with van der Waals surface area (Å²) < 4.78 is 4.66. The summed E-state index contributed by atoms with van der Waals surface area (Å²) in [4.78, 5) is 21.3. The van der Waals surface area contributed by atoms with Gasteiger partial charge >= 0.3 is 11.9 Å². The molecule has 2 atom stereocenters. The molecule has 1 saturated heterocycles. The van der Waals surface area contributed by atoms with Crippen molar-refractivity contribution in [3.05, 3.63) is 0 Å². The van der Waals surface area contributed by atoms with Gasteiger partial charge < -0.3 is 14.9 Å². The second-order valence-corrected chi connectivity index (χ2v) is 3.22. The molecule has 0 aliphatic carbocycles. The number of hydrogen-bond acceptors (Lipinski definition) is 4. The van der Waals surface area contributed by atoms with Gasteiger partial charge in [0.2, 0.25) is 5.79 Å². The van der Waals surface area contributed by atoms with Gasteiger partial charge in [0.1, 0.15) is 0 Å². The van der Waals surface area contributed by atoms with E-state index in [1.807, 2.05) is 0 Å². The van der Waals surface area contributed by atoms with Gasteiger partial charge in [-0.1, -0.05) is 6.92 Å². The average molecular weight is 188 g/mol. The minimum absolute atomic E-state index is 0.0780. The van der Waals surface area contributed by atoms with Gasteiger partial charge in [0, 0.05) is 12.8 Å². The van der Waals surface area contributed by atoms with Crippen molar-refractivity contribution in [1.82, 2.24) is 0 Å². The molecule has 5 heteroatoms. The van der Waals surface area contributed by atoms with Crippen LogP contribution in [0.15, 0.2) is 0 Å². The van der Waals surface area contributed by atoms with E-state index in [2.05, 4.69) is 4.74 Å². The zero-order chi connectivity index (χ0) is 10.1. The molecule has 1 aliphatic heterocycles. The third-order valence-electron chi connectivity index (χ3n) is 2.16. The second kappa shape index (κ2) is 3.33. The predicted octanol–water partition coefficient (Wildman–Crippen LogP) is 0.123. The molecule has 0 amide bonds. The van der Waals surface area contributed by atoms with Crippen LogP contribution in [0, 0.1) is 5.92 Å². The highest BCUT2D eigenvalue weighted by Gasteiger charge is 2.44. The van der Waals surface area contributed by atoms with Gasteiger partial charge in [-0.2, -0.15) is 0 Å². The summed E-state index contributed by atoms with van der Waals surface area (Å²) in [6.07, 6.45) is 0.0879. The van der Waals surface area contributed by atoms with Gasteiger partial charge in [-0.3, -0.25) is 9.59 Å². The maximum atomic E-state index is 11.0. The highest BCUT2D eigenvalue weighted by atomic mass is 16.7. The Bertz CT molecular complexity index is 237. The topological polar surface area (TPSA) is 83.8 Å². The van der Waals surface area contributed by atoms with E-state index in [-0.39, 0.29) is 19.3 Å². The molecule has 0 aromatic rings. The summed E-state index contributed by atoms with van der Waals surface area (Å²) >= 11 is 0. The van der Waals surface area contributed by atoms with E-state index in [0.717, 1.165) is 0 Å². The lowest BCUT2D eigenvalue weighted by atomic mass is 9.98. The summed E-state index contributed by atoms with van der Waals surface area (Å²) in [6.45, 7) is 1.68. The molecule has 0 spiro atoms. The first kappa shape index (κ1) is 9.98. The Kier molecular flexibility index (Phi) is 2.56. The molecule has 5 nitrogen and oxygen atoms in total. The molecule has 1 fully saturated rings. The van der Waals surface area contributed by atoms with Crippen LogP contribution >= 0.6 is 0 Å². The first-order valence-corrected chi connectivity index (χ1v) is 4.14. The van der Waals surface area contributed by atoms with E-state index in [1.165, 1.54) is 0 Å². The predicted molar refractivity (Wildman–Crippen MR) is 41.7 cm³/mol. The summed E-state index contributed by atoms with van der Waals surface area (Å²) in [5, 5.41) is 18.0. The highest BCUT2D eigenvalue weighted by Crippen LogP contribution is 2.33. The van der Waals surface area contributed by atoms with Crippen LogP contribution < -0.4 is 0 Å². The number of hydrogen-bond donors (Lipinski definition) is 2. The maximum absolute atomic E-state index is 11.0. The Hall–Kier alpha value is -1.10. The average Bonchev–Trinajstić information content (AvgIpc) is 2.27. The lowest BCUT2D eigenvalue weighted by molar-refractivity contribution is -0.189. The molecule has 0 aromatic carbocycles. The van der Waals surface area contributed by atoms with Crippen molar-refractivity contribution < 1.29 is 24.5 Å². The number of esters is 1. The summed E-state index contributed by atoms with van der Waals surface area (Å²) in [5.74, 6) is -3.83. The van der Waals surface area contributed by atoms with Gasteiger partial charge in [0.05, 0.1) is 12.3 Å². The molecule has 2 N–H and O–H groups in total. The number of ether oxygens (including phenoxy) is 1. The maximum Gasteiger partial charge on any atom is 0.312 e. The van der Waals surface area contributed by atoms with Crippen molar-refractivity contribution in [2.45, 2.75) is 32.0 Å². The Morgan fingerprint density at radius 2 is 2.38 bits per heavy atom. The van der Waals surface area contributed by atoms with Gasteiger partial charge in [-0.25, -0.2) is 0 Å². The number of aliphatic hydroxyl groups is 1. The number of rotatable bonds is 3. The standard InChI is InChI=1S/C8H12O5/c1-2-8(12)4-5(3-6(9)10)7(11)13-8/h5,12H,2-4H2,1H3,(H,9,10). The Morgan fingerprint density at radius 1 is 1.77 bits per heavy atom. The number of carbonyl (C=O) groups excluding carboxylic acids is 1. The summed E-state index contributed by atoms with van der Waals surface area (Å²) in [7, 11) is 0. The number of carbonyl (C=O) groups is 2. The lowest BCUT2D eigenvalue weighted by Gasteiger charge is -2.17. The first-order chi connectivity index (χ1) is 5.97. The van der Waals surface area contributed by atoms with E-state index in [1.54, 1.807) is 6.92 Å². The fourth-order valence-corrected chi connectivity index (χ4v) is 1.36. The van der Waals surface area contributed by atoms with Crippen molar-refractivity contribution in [2.75, 3.05) is 0 Å². The highest BCUT2D eigenvalue weighted by molar-refractivity contribution is 5.80. The molecule has 0 saturated carbocycles. The molecule has 0 aromatic heterocycles. The molecule has 2 unspecified atom stereocenters. The summed E-state index contributed by atoms with van der Waals surface area (Å²) in [6, 6.07) is 0. The van der Waals surface area contributed by atoms with Crippen LogP contribution in [0.4, 0.5) is 0 Å². The normalized spacial score (nSPS) is 33.1. The third kappa shape index (κ3) is 2.18. The molecule has 0 bridgehead atoms. The van der Waals surface area contributed by atoms with Crippen LogP contribution in [0.3, 0.4) is 0 Å². The van der Waals surface area contributed by atoms with E-state index >= 15 is 0 Å². The fraction of sp³-hybridized carbons (Fsp3) is 0.750. The monoisotopic (exact) mass is 188 g/mol. The first-order valence-electron chi connectivity index (χ1n) is 4.14. The van der Waals surface area contributed by atoms with Crippen LogP contribution in [0.2, 0.25) is 0 Å². The lowest BCUT2D eigenvalue weighted by Crippen LogP contribution is -2.26. The molecule has 1 heterocycles. The minimum atomic E-state index is -1.45. The van der Waals surface area contributed by atoms with Crippen molar-refractivity contribution >= 4 is 11.9 Å². The molecule has 74 valence electrons. The molecular weight excluding hydrogens is 176 g/mol. The Labute approximate surface area is 75.3 Å². The fourth-order valence-electron chi connectivity index (χ4n) is 1.36. The van der Waals surface area contributed by atoms with Gasteiger partial charge in [-0.05, 0) is 0 Å². The van der Waals surface area contributed by atoms with E-state index < -0.39 is 23.6 Å². The number of cyclic esters (lactones) is 1. The van der Waals surface area contributed by atoms with Crippen LogP contribution in [-0.4, -0.2) is 27.9 Å². The van der Waals surface area contributed by atoms with Gasteiger partial charge in [0.25, 0.3) is 0 Å². The van der Waals surface area contributed by atoms with Crippen LogP contribution in [0.1, 0.15) is 26.2 Å². The van der Waals surface area contributed by atoms with Crippen molar-refractivity contribution in [1.29, 1.82) is 0 Å². The summed E-state index contributed by atoms with van der Waals surface area (Å²) in [5.41, 5.74) is 0. The van der Waals surface area contributed by atoms with Gasteiger partial charge in [-0.15, -0.1) is 0 Å². The zero-order valence-electron chi connectivity index (χ0n) is 7.32. The minimum Gasteiger partial charge on any atom is -0.481 e. The van der Waals surface area contributed by atoms with Gasteiger partial charge in [0.15, 0.2) is 0 Å². The molecular formula is C8H12O5. The zero-order valence-corrected chi connectivity index (χ0v) is 7.32. The third-order valence-corrected chi connectivity index (χ3v) is 2.16. The number of carboxylic acids is 1. The van der Waals surface area contributed by atoms with E-state index in [9.17, 15) is 14.7 Å². The van der Waals surface area contributed by atoms with E-state index in [0.29, 0.717) is 0 Å². The SMILES string of the molecule is CCC1(O)CC(CC(=O)O)C(=O)O1. The molecule has 0 radical (unpaired) electrons.